The van der Waals surface area contributed by atoms with Crippen molar-refractivity contribution < 1.29 is 0 Å². The van der Waals surface area contributed by atoms with Crippen LogP contribution < -0.4 is 10.4 Å². The first-order valence-corrected chi connectivity index (χ1v) is 46.8. The number of rotatable bonds is 80. The Kier molecular flexibility index (Phi) is 69.6. The molecule has 0 aliphatic heterocycles. The molecule has 0 unspecified atom stereocenters. The molecular formula is C92H174N2Si. The van der Waals surface area contributed by atoms with Crippen LogP contribution in [0, 0.1) is 0 Å². The van der Waals surface area contributed by atoms with Gasteiger partial charge >= 0.3 is 0 Å². The van der Waals surface area contributed by atoms with Gasteiger partial charge in [-0.3, -0.25) is 0 Å². The average Bonchev–Trinajstić information content (AvgIpc) is 0.747. The minimum atomic E-state index is -2.59. The first-order valence-electron chi connectivity index (χ1n) is 44.9. The van der Waals surface area contributed by atoms with Crippen LogP contribution in [0.4, 0.5) is 0 Å². The third-order valence-electron chi connectivity index (χ3n) is 22.4. The maximum absolute atomic E-state index is 3.24. The molecule has 556 valence electrons. The smallest absolute Gasteiger partial charge is 0.272 e. The Morgan fingerprint density at radius 3 is 0.400 bits per heavy atom. The lowest BCUT2D eigenvalue weighted by molar-refractivity contribution is 0.312. The Morgan fingerprint density at radius 1 is 0.158 bits per heavy atom. The Balaban J connectivity index is 2.16. The van der Waals surface area contributed by atoms with Gasteiger partial charge in [0.25, 0.3) is 8.40 Å². The zero-order chi connectivity index (χ0) is 67.6. The number of hydrogen-bond acceptors (Lipinski definition) is 2. The fourth-order valence-electron chi connectivity index (χ4n) is 16.1. The van der Waals surface area contributed by atoms with Crippen molar-refractivity contribution in [3.63, 3.8) is 0 Å². The minimum Gasteiger partial charge on any atom is -0.305 e. The second kappa shape index (κ2) is 73.8. The molecule has 0 saturated heterocycles. The topological polar surface area (TPSA) is 6.48 Å². The summed E-state index contributed by atoms with van der Waals surface area (Å²) in [6, 6.07) is 24.7. The highest BCUT2D eigenvalue weighted by molar-refractivity contribution is 6.98. The summed E-state index contributed by atoms with van der Waals surface area (Å²) >= 11 is 0. The molecule has 2 rings (SSSR count). The summed E-state index contributed by atoms with van der Waals surface area (Å²) < 4.78 is 6.47. The largest absolute Gasteiger partial charge is 0.305 e. The van der Waals surface area contributed by atoms with E-state index in [0.717, 1.165) is 0 Å². The number of hydrogen-bond donors (Lipinski definition) is 0. The van der Waals surface area contributed by atoms with E-state index in [4.69, 9.17) is 0 Å². The monoisotopic (exact) mass is 1340 g/mol. The molecule has 0 heterocycles. The molecule has 2 aromatic carbocycles. The molecule has 0 spiro atoms. The van der Waals surface area contributed by atoms with Gasteiger partial charge in [0.1, 0.15) is 0 Å². The molecule has 0 amide bonds. The van der Waals surface area contributed by atoms with Crippen LogP contribution in [0.15, 0.2) is 60.7 Å². The average molecular weight is 1340 g/mol. The molecule has 0 radical (unpaired) electrons. The predicted molar refractivity (Wildman–Crippen MR) is 436 cm³/mol. The predicted octanol–water partition coefficient (Wildman–Crippen LogP) is 31.0. The molecule has 0 aliphatic carbocycles. The molecule has 0 N–H and O–H groups in total. The minimum absolute atomic E-state index is 1.25. The van der Waals surface area contributed by atoms with E-state index >= 15 is 0 Å². The van der Waals surface area contributed by atoms with Gasteiger partial charge in [-0.1, -0.05) is 525 Å². The van der Waals surface area contributed by atoms with Crippen LogP contribution in [0.1, 0.15) is 490 Å². The number of unbranched alkanes of at least 4 members (excludes halogenated alkanes) is 68. The van der Waals surface area contributed by atoms with Crippen LogP contribution in [-0.2, 0) is 0 Å². The van der Waals surface area contributed by atoms with E-state index < -0.39 is 8.40 Å². The molecule has 0 atom stereocenters. The summed E-state index contributed by atoms with van der Waals surface area (Å²) in [6.45, 7) is 14.3. The standard InChI is InChI=1S/C92H174N2Si/c1-5-9-13-17-21-25-29-33-37-41-45-49-53-57-61-65-69-79-87-93(88-80-70-66-62-58-54-50-46-42-38-34-30-26-22-18-14-10-6-2)95(91-83-75-73-76-84-91,92-85-77-74-78-86-92)94(89-81-71-67-63-59-55-51-47-43-39-35-31-27-23-19-15-11-7-3)90-82-72-68-64-60-56-52-48-44-40-36-32-28-24-20-16-12-8-4/h73-78,83-86H,5-72,79-82,87-90H2,1-4H3. The highest BCUT2D eigenvalue weighted by Crippen LogP contribution is 2.26. The SMILES string of the molecule is CCCCCCCCCCCCCCCCCCCCN(CCCCCCCCCCCCCCCCCCCC)[Si](c1ccccc1)(c1ccccc1)N(CCCCCCCCCCCCCCCCCCCC)CCCCCCCCCCCCCCCCCCCC. The Morgan fingerprint density at radius 2 is 0.274 bits per heavy atom. The van der Waals surface area contributed by atoms with Crippen molar-refractivity contribution in [2.24, 2.45) is 0 Å². The summed E-state index contributed by atoms with van der Waals surface area (Å²) in [7, 11) is -2.59. The van der Waals surface area contributed by atoms with Gasteiger partial charge < -0.3 is 9.13 Å². The van der Waals surface area contributed by atoms with Crippen LogP contribution in [0.5, 0.6) is 0 Å². The van der Waals surface area contributed by atoms with Gasteiger partial charge in [-0.15, -0.1) is 0 Å². The lowest BCUT2D eigenvalue weighted by Crippen LogP contribution is -2.79. The van der Waals surface area contributed by atoms with Crippen molar-refractivity contribution in [3.8, 4) is 0 Å². The van der Waals surface area contributed by atoms with Crippen LogP contribution >= 0.6 is 0 Å². The zero-order valence-electron chi connectivity index (χ0n) is 65.9. The summed E-state index contributed by atoms with van der Waals surface area (Å²) in [5.74, 6) is 0. The van der Waals surface area contributed by atoms with Crippen molar-refractivity contribution in [2.75, 3.05) is 26.2 Å². The molecule has 3 heteroatoms. The maximum atomic E-state index is 3.24. The van der Waals surface area contributed by atoms with Gasteiger partial charge in [-0.25, -0.2) is 0 Å². The van der Waals surface area contributed by atoms with Crippen molar-refractivity contribution in [1.82, 2.24) is 9.13 Å². The molecule has 2 nitrogen and oxygen atoms in total. The van der Waals surface area contributed by atoms with Gasteiger partial charge in [0.15, 0.2) is 0 Å². The number of nitrogens with zero attached hydrogens (tertiary/aromatic N) is 2. The molecular weight excluding hydrogens is 1160 g/mol. The van der Waals surface area contributed by atoms with Crippen molar-refractivity contribution in [1.29, 1.82) is 0 Å². The fraction of sp³-hybridized carbons (Fsp3) is 0.870. The lowest BCUT2D eigenvalue weighted by atomic mass is 10.0. The molecule has 0 aromatic heterocycles. The highest BCUT2D eigenvalue weighted by atomic mass is 28.3. The molecule has 0 aliphatic rings. The van der Waals surface area contributed by atoms with Crippen molar-refractivity contribution in [3.05, 3.63) is 60.7 Å². The van der Waals surface area contributed by atoms with Crippen LogP contribution in [-0.4, -0.2) is 43.7 Å². The van der Waals surface area contributed by atoms with Crippen molar-refractivity contribution in [2.45, 2.75) is 490 Å². The third-order valence-corrected chi connectivity index (χ3v) is 27.4. The van der Waals surface area contributed by atoms with E-state index in [0.29, 0.717) is 0 Å². The van der Waals surface area contributed by atoms with E-state index in [1.54, 1.807) is 10.4 Å². The summed E-state index contributed by atoms with van der Waals surface area (Å²) in [6.07, 6.45) is 104. The molecule has 0 saturated carbocycles. The van der Waals surface area contributed by atoms with E-state index in [9.17, 15) is 0 Å². The first kappa shape index (κ1) is 89.7. The highest BCUT2D eigenvalue weighted by Gasteiger charge is 2.48. The van der Waals surface area contributed by atoms with Gasteiger partial charge in [-0.2, -0.15) is 0 Å². The Bertz CT molecular complexity index is 1510. The second-order valence-electron chi connectivity index (χ2n) is 31.4. The summed E-state index contributed by atoms with van der Waals surface area (Å²) in [5.41, 5.74) is 0. The summed E-state index contributed by atoms with van der Waals surface area (Å²) in [4.78, 5) is 0. The molecule has 0 fully saturated rings. The van der Waals surface area contributed by atoms with Gasteiger partial charge in [0.2, 0.25) is 0 Å². The van der Waals surface area contributed by atoms with Gasteiger partial charge in [0, 0.05) is 0 Å². The van der Waals surface area contributed by atoms with E-state index in [-0.39, 0.29) is 0 Å². The van der Waals surface area contributed by atoms with E-state index in [1.165, 1.54) is 488 Å². The van der Waals surface area contributed by atoms with Gasteiger partial charge in [0.05, 0.1) is 0 Å². The van der Waals surface area contributed by atoms with Crippen LogP contribution in [0.2, 0.25) is 0 Å². The molecule has 95 heavy (non-hydrogen) atoms. The van der Waals surface area contributed by atoms with Crippen LogP contribution in [0.25, 0.3) is 0 Å². The Labute approximate surface area is 601 Å². The van der Waals surface area contributed by atoms with Crippen LogP contribution in [0.3, 0.4) is 0 Å². The Hall–Kier alpha value is -1.42. The number of benzene rings is 2. The molecule has 2 aromatic rings. The summed E-state index contributed by atoms with van der Waals surface area (Å²) in [5, 5.41) is 3.31. The normalized spacial score (nSPS) is 12.0. The zero-order valence-corrected chi connectivity index (χ0v) is 66.9. The van der Waals surface area contributed by atoms with Gasteiger partial charge in [-0.05, 0) is 62.2 Å². The van der Waals surface area contributed by atoms with E-state index in [2.05, 4.69) is 97.5 Å². The second-order valence-corrected chi connectivity index (χ2v) is 35.2. The lowest BCUT2D eigenvalue weighted by Gasteiger charge is -2.50. The third kappa shape index (κ3) is 54.0. The fourth-order valence-corrected chi connectivity index (χ4v) is 21.6. The van der Waals surface area contributed by atoms with E-state index in [1.807, 2.05) is 0 Å². The maximum Gasteiger partial charge on any atom is 0.272 e. The first-order chi connectivity index (χ1) is 47.2. The molecule has 0 bridgehead atoms. The van der Waals surface area contributed by atoms with Crippen molar-refractivity contribution >= 4 is 18.8 Å². The quantitative estimate of drug-likeness (QED) is 0.0481.